The zero-order chi connectivity index (χ0) is 14.1. The minimum Gasteiger partial charge on any atom is -0.338 e. The normalized spacial score (nSPS) is 27.4. The number of halogens is 1. The summed E-state index contributed by atoms with van der Waals surface area (Å²) in [4.78, 5) is 16.2. The summed E-state index contributed by atoms with van der Waals surface area (Å²) in [6.45, 7) is 4.39. The molecule has 0 spiro atoms. The maximum atomic E-state index is 11.8. The monoisotopic (exact) mass is 314 g/mol. The van der Waals surface area contributed by atoms with E-state index in [2.05, 4.69) is 14.5 Å². The summed E-state index contributed by atoms with van der Waals surface area (Å²) in [5, 5.41) is 4.11. The smallest absolute Gasteiger partial charge is 0.219 e. The van der Waals surface area contributed by atoms with E-state index in [4.69, 9.17) is 11.6 Å². The molecule has 0 aliphatic carbocycles. The molecule has 0 N–H and O–H groups in total. The number of likely N-dealkylation sites (tertiary alicyclic amines) is 2. The van der Waals surface area contributed by atoms with Gasteiger partial charge in [-0.3, -0.25) is 9.69 Å². The van der Waals surface area contributed by atoms with Crippen LogP contribution in [0.4, 0.5) is 0 Å². The molecule has 2 fully saturated rings. The van der Waals surface area contributed by atoms with Crippen LogP contribution in [0.3, 0.4) is 0 Å². The van der Waals surface area contributed by atoms with E-state index in [9.17, 15) is 4.79 Å². The molecule has 3 heterocycles. The second-order valence-electron chi connectivity index (χ2n) is 5.60. The fourth-order valence-corrected chi connectivity index (χ4v) is 4.16. The Kier molecular flexibility index (Phi) is 4.23. The summed E-state index contributed by atoms with van der Waals surface area (Å²) < 4.78 is 4.58. The topological polar surface area (TPSA) is 49.3 Å². The average Bonchev–Trinajstić information content (AvgIpc) is 3.11. The van der Waals surface area contributed by atoms with E-state index in [1.165, 1.54) is 18.0 Å². The summed E-state index contributed by atoms with van der Waals surface area (Å²) in [5.74, 6) is 0.202. The number of amides is 1. The molecule has 2 saturated heterocycles. The number of nitrogens with zero attached hydrogens (tertiary/aromatic N) is 4. The molecule has 0 bridgehead atoms. The lowest BCUT2D eigenvalue weighted by Crippen LogP contribution is -2.47. The Morgan fingerprint density at radius 3 is 2.80 bits per heavy atom. The predicted octanol–water partition coefficient (Wildman–Crippen LogP) is 2.17. The molecule has 0 aromatic carbocycles. The molecular weight excluding hydrogens is 296 g/mol. The Morgan fingerprint density at radius 1 is 1.35 bits per heavy atom. The molecule has 5 nitrogen and oxygen atoms in total. The highest BCUT2D eigenvalue weighted by molar-refractivity contribution is 7.10. The van der Waals surface area contributed by atoms with Crippen molar-refractivity contribution in [3.8, 4) is 0 Å². The van der Waals surface area contributed by atoms with Crippen molar-refractivity contribution < 1.29 is 4.79 Å². The first kappa shape index (κ1) is 14.2. The van der Waals surface area contributed by atoms with Crippen LogP contribution in [0.25, 0.3) is 0 Å². The van der Waals surface area contributed by atoms with Crippen molar-refractivity contribution in [2.24, 2.45) is 0 Å². The van der Waals surface area contributed by atoms with E-state index in [1.54, 1.807) is 6.92 Å². The van der Waals surface area contributed by atoms with Gasteiger partial charge >= 0.3 is 0 Å². The first-order valence-corrected chi connectivity index (χ1v) is 8.30. The van der Waals surface area contributed by atoms with Crippen LogP contribution in [0.1, 0.15) is 38.3 Å². The van der Waals surface area contributed by atoms with Gasteiger partial charge in [0.2, 0.25) is 5.91 Å². The van der Waals surface area contributed by atoms with Gasteiger partial charge in [-0.25, -0.2) is 0 Å². The zero-order valence-electron chi connectivity index (χ0n) is 11.6. The Bertz CT molecular complexity index is 494. The van der Waals surface area contributed by atoms with Crippen molar-refractivity contribution in [1.82, 2.24) is 19.4 Å². The molecule has 1 aromatic rings. The lowest BCUT2D eigenvalue weighted by Gasteiger charge is -2.34. The molecule has 2 aliphatic rings. The van der Waals surface area contributed by atoms with Gasteiger partial charge in [0.05, 0.1) is 0 Å². The fourth-order valence-electron chi connectivity index (χ4n) is 3.55. The number of carbonyl (C=O) groups is 1. The Labute approximate surface area is 128 Å². The van der Waals surface area contributed by atoms with Crippen LogP contribution in [0.5, 0.6) is 0 Å². The van der Waals surface area contributed by atoms with Crippen molar-refractivity contribution in [2.75, 3.05) is 13.1 Å². The Morgan fingerprint density at radius 2 is 2.10 bits per heavy atom. The highest BCUT2D eigenvalue weighted by Gasteiger charge is 2.38. The van der Waals surface area contributed by atoms with E-state index >= 15 is 0 Å². The quantitative estimate of drug-likeness (QED) is 0.858. The van der Waals surface area contributed by atoms with Crippen molar-refractivity contribution in [1.29, 1.82) is 0 Å². The molecule has 1 amide bonds. The summed E-state index contributed by atoms with van der Waals surface area (Å²) in [6.07, 6.45) is 4.57. The van der Waals surface area contributed by atoms with Crippen molar-refractivity contribution >= 4 is 29.0 Å². The van der Waals surface area contributed by atoms with Crippen LogP contribution in [-0.2, 0) is 11.3 Å². The van der Waals surface area contributed by atoms with Crippen LogP contribution in [0.2, 0.25) is 4.34 Å². The molecule has 2 atom stereocenters. The van der Waals surface area contributed by atoms with Crippen molar-refractivity contribution in [3.63, 3.8) is 0 Å². The second kappa shape index (κ2) is 5.95. The predicted molar refractivity (Wildman–Crippen MR) is 78.8 cm³/mol. The van der Waals surface area contributed by atoms with Crippen LogP contribution in [0.15, 0.2) is 0 Å². The third kappa shape index (κ3) is 2.69. The lowest BCUT2D eigenvalue weighted by molar-refractivity contribution is -0.130. The number of hydrogen-bond donors (Lipinski definition) is 0. The van der Waals surface area contributed by atoms with Crippen molar-refractivity contribution in [3.05, 3.63) is 10.0 Å². The summed E-state index contributed by atoms with van der Waals surface area (Å²) in [5.41, 5.74) is 0.871. The van der Waals surface area contributed by atoms with Gasteiger partial charge in [0.25, 0.3) is 0 Å². The minimum atomic E-state index is 0.202. The maximum Gasteiger partial charge on any atom is 0.219 e. The van der Waals surface area contributed by atoms with E-state index in [1.807, 2.05) is 4.90 Å². The third-order valence-electron chi connectivity index (χ3n) is 4.42. The van der Waals surface area contributed by atoms with Gasteiger partial charge in [-0.05, 0) is 32.2 Å². The molecule has 20 heavy (non-hydrogen) atoms. The van der Waals surface area contributed by atoms with Gasteiger partial charge in [-0.2, -0.15) is 0 Å². The third-order valence-corrected chi connectivity index (χ3v) is 5.41. The molecule has 1 aromatic heterocycles. The van der Waals surface area contributed by atoms with Gasteiger partial charge in [0, 0.05) is 43.6 Å². The van der Waals surface area contributed by atoms with Crippen LogP contribution in [0, 0.1) is 0 Å². The summed E-state index contributed by atoms with van der Waals surface area (Å²) >= 11 is 7.35. The van der Waals surface area contributed by atoms with Crippen LogP contribution in [-0.4, -0.2) is 50.5 Å². The number of rotatable bonds is 3. The van der Waals surface area contributed by atoms with Gasteiger partial charge < -0.3 is 4.90 Å². The van der Waals surface area contributed by atoms with Gasteiger partial charge in [-0.15, -0.1) is 5.10 Å². The average molecular weight is 315 g/mol. The fraction of sp³-hybridized carbons (Fsp3) is 0.769. The van der Waals surface area contributed by atoms with Crippen LogP contribution < -0.4 is 0 Å². The first-order chi connectivity index (χ1) is 9.66. The summed E-state index contributed by atoms with van der Waals surface area (Å²) in [6, 6.07) is 0.805. The van der Waals surface area contributed by atoms with Crippen LogP contribution >= 0.6 is 23.1 Å². The standard InChI is InChI=1S/C13H19ClN4OS/c1-9(19)18-7-3-5-12(18)11-4-2-6-17(11)8-10-13(14)20-16-15-10/h11-12H,2-8H2,1H3. The zero-order valence-corrected chi connectivity index (χ0v) is 13.2. The largest absolute Gasteiger partial charge is 0.338 e. The lowest BCUT2D eigenvalue weighted by atomic mass is 10.0. The minimum absolute atomic E-state index is 0.202. The molecule has 2 aliphatic heterocycles. The number of aromatic nitrogens is 2. The van der Waals surface area contributed by atoms with Gasteiger partial charge in [-0.1, -0.05) is 16.1 Å². The Balaban J connectivity index is 1.72. The first-order valence-electron chi connectivity index (χ1n) is 7.15. The second-order valence-corrected chi connectivity index (χ2v) is 6.95. The Hall–Kier alpha value is -0.720. The highest BCUT2D eigenvalue weighted by atomic mass is 35.5. The van der Waals surface area contributed by atoms with E-state index in [0.29, 0.717) is 16.4 Å². The van der Waals surface area contributed by atoms with Gasteiger partial charge in [0.1, 0.15) is 10.0 Å². The van der Waals surface area contributed by atoms with Crippen molar-refractivity contribution in [2.45, 2.75) is 51.2 Å². The van der Waals surface area contributed by atoms with E-state index in [0.717, 1.165) is 44.6 Å². The SMILES string of the molecule is CC(=O)N1CCCC1C1CCCN1Cc1nnsc1Cl. The molecule has 0 radical (unpaired) electrons. The van der Waals surface area contributed by atoms with E-state index < -0.39 is 0 Å². The molecule has 3 rings (SSSR count). The molecule has 7 heteroatoms. The molecular formula is C13H19ClN4OS. The van der Waals surface area contributed by atoms with E-state index in [-0.39, 0.29) is 5.91 Å². The van der Waals surface area contributed by atoms with Gasteiger partial charge in [0.15, 0.2) is 0 Å². The maximum absolute atomic E-state index is 11.8. The summed E-state index contributed by atoms with van der Waals surface area (Å²) in [7, 11) is 0. The highest BCUT2D eigenvalue weighted by Crippen LogP contribution is 2.32. The number of carbonyl (C=O) groups excluding carboxylic acids is 1. The number of hydrogen-bond acceptors (Lipinski definition) is 5. The molecule has 0 saturated carbocycles. The molecule has 2 unspecified atom stereocenters. The molecule has 110 valence electrons.